The van der Waals surface area contributed by atoms with Gasteiger partial charge < -0.3 is 14.8 Å². The van der Waals surface area contributed by atoms with Crippen LogP contribution in [-0.2, 0) is 4.79 Å². The van der Waals surface area contributed by atoms with Gasteiger partial charge >= 0.3 is 0 Å². The second kappa shape index (κ2) is 9.79. The molecule has 1 unspecified atom stereocenters. The number of amides is 2. The molecule has 1 aliphatic carbocycles. The van der Waals surface area contributed by atoms with Crippen LogP contribution in [0, 0.1) is 13.8 Å². The van der Waals surface area contributed by atoms with E-state index in [9.17, 15) is 9.59 Å². The SMILES string of the molecule is CCC(C)NC(=O)CN1CCN(C(=O)c2cc(C)n(C3CCCCC3)c2C)CC1. The highest BCUT2D eigenvalue weighted by molar-refractivity contribution is 5.95. The second-order valence-corrected chi connectivity index (χ2v) is 8.89. The molecular weight excluding hydrogens is 364 g/mol. The van der Waals surface area contributed by atoms with Crippen molar-refractivity contribution in [2.75, 3.05) is 32.7 Å². The maximum Gasteiger partial charge on any atom is 0.255 e. The highest BCUT2D eigenvalue weighted by Gasteiger charge is 2.28. The number of nitrogens with zero attached hydrogens (tertiary/aromatic N) is 3. The Bertz CT molecular complexity index is 713. The Morgan fingerprint density at radius 1 is 1.10 bits per heavy atom. The molecule has 1 saturated heterocycles. The molecular formula is C23H38N4O2. The fourth-order valence-electron chi connectivity index (χ4n) is 4.80. The Labute approximate surface area is 175 Å². The van der Waals surface area contributed by atoms with Crippen molar-refractivity contribution in [1.82, 2.24) is 19.7 Å². The number of carbonyl (C=O) groups excluding carboxylic acids is 2. The van der Waals surface area contributed by atoms with E-state index in [0.717, 1.165) is 30.8 Å². The molecule has 2 heterocycles. The van der Waals surface area contributed by atoms with E-state index in [1.165, 1.54) is 37.8 Å². The van der Waals surface area contributed by atoms with Crippen LogP contribution < -0.4 is 5.32 Å². The minimum Gasteiger partial charge on any atom is -0.353 e. The number of piperazine rings is 1. The first-order valence-corrected chi connectivity index (χ1v) is 11.4. The molecule has 0 aromatic carbocycles. The molecule has 0 radical (unpaired) electrons. The van der Waals surface area contributed by atoms with Crippen LogP contribution in [0.4, 0.5) is 0 Å². The van der Waals surface area contributed by atoms with Gasteiger partial charge in [-0.05, 0) is 46.1 Å². The summed E-state index contributed by atoms with van der Waals surface area (Å²) in [7, 11) is 0. The maximum atomic E-state index is 13.2. The van der Waals surface area contributed by atoms with Crippen LogP contribution in [-0.4, -0.2) is 64.9 Å². The quantitative estimate of drug-likeness (QED) is 0.794. The van der Waals surface area contributed by atoms with Gasteiger partial charge in [0, 0.05) is 49.7 Å². The van der Waals surface area contributed by atoms with E-state index in [2.05, 4.69) is 41.6 Å². The monoisotopic (exact) mass is 402 g/mol. The molecule has 3 rings (SSSR count). The molecule has 1 aliphatic heterocycles. The number of carbonyl (C=O) groups is 2. The molecule has 1 atom stereocenters. The lowest BCUT2D eigenvalue weighted by molar-refractivity contribution is -0.123. The summed E-state index contributed by atoms with van der Waals surface area (Å²) in [6.07, 6.45) is 7.30. The summed E-state index contributed by atoms with van der Waals surface area (Å²) >= 11 is 0. The zero-order valence-electron chi connectivity index (χ0n) is 18.7. The van der Waals surface area contributed by atoms with Gasteiger partial charge in [0.2, 0.25) is 5.91 Å². The maximum absolute atomic E-state index is 13.2. The molecule has 6 nitrogen and oxygen atoms in total. The fourth-order valence-corrected chi connectivity index (χ4v) is 4.80. The van der Waals surface area contributed by atoms with Gasteiger partial charge in [-0.1, -0.05) is 26.2 Å². The topological polar surface area (TPSA) is 57.6 Å². The summed E-state index contributed by atoms with van der Waals surface area (Å²) in [6, 6.07) is 2.84. The van der Waals surface area contributed by atoms with Crippen molar-refractivity contribution in [3.63, 3.8) is 0 Å². The van der Waals surface area contributed by atoms with Gasteiger partial charge in [0.05, 0.1) is 12.1 Å². The molecule has 2 fully saturated rings. The Balaban J connectivity index is 1.57. The zero-order chi connectivity index (χ0) is 21.0. The summed E-state index contributed by atoms with van der Waals surface area (Å²) < 4.78 is 2.40. The van der Waals surface area contributed by atoms with Crippen molar-refractivity contribution in [2.45, 2.75) is 78.3 Å². The molecule has 1 aromatic heterocycles. The number of nitrogens with one attached hydrogen (secondary N) is 1. The third-order valence-electron chi connectivity index (χ3n) is 6.70. The molecule has 1 N–H and O–H groups in total. The highest BCUT2D eigenvalue weighted by Crippen LogP contribution is 2.32. The van der Waals surface area contributed by atoms with E-state index in [-0.39, 0.29) is 17.9 Å². The summed E-state index contributed by atoms with van der Waals surface area (Å²) in [4.78, 5) is 29.4. The van der Waals surface area contributed by atoms with Crippen LogP contribution in [0.5, 0.6) is 0 Å². The molecule has 29 heavy (non-hydrogen) atoms. The third kappa shape index (κ3) is 5.21. The number of hydrogen-bond acceptors (Lipinski definition) is 3. The van der Waals surface area contributed by atoms with Gasteiger partial charge in [-0.3, -0.25) is 14.5 Å². The minimum atomic E-state index is 0.0788. The van der Waals surface area contributed by atoms with Gasteiger partial charge in [0.25, 0.3) is 5.91 Å². The van der Waals surface area contributed by atoms with Crippen molar-refractivity contribution in [1.29, 1.82) is 0 Å². The van der Waals surface area contributed by atoms with E-state index in [4.69, 9.17) is 0 Å². The van der Waals surface area contributed by atoms with Gasteiger partial charge in [-0.2, -0.15) is 0 Å². The molecule has 0 bridgehead atoms. The number of rotatable bonds is 6. The number of hydrogen-bond donors (Lipinski definition) is 1. The first-order chi connectivity index (χ1) is 13.9. The lowest BCUT2D eigenvalue weighted by Crippen LogP contribution is -2.51. The average molecular weight is 403 g/mol. The van der Waals surface area contributed by atoms with E-state index in [0.29, 0.717) is 25.7 Å². The van der Waals surface area contributed by atoms with Crippen molar-refractivity contribution in [3.05, 3.63) is 23.0 Å². The van der Waals surface area contributed by atoms with Crippen LogP contribution in [0.25, 0.3) is 0 Å². The van der Waals surface area contributed by atoms with Gasteiger partial charge in [-0.15, -0.1) is 0 Å². The first-order valence-electron chi connectivity index (χ1n) is 11.4. The van der Waals surface area contributed by atoms with E-state index in [1.54, 1.807) is 0 Å². The summed E-state index contributed by atoms with van der Waals surface area (Å²) in [5.74, 6) is 0.221. The predicted octanol–water partition coefficient (Wildman–Crippen LogP) is 3.28. The Morgan fingerprint density at radius 3 is 2.38 bits per heavy atom. The molecule has 0 spiro atoms. The lowest BCUT2D eigenvalue weighted by Gasteiger charge is -2.34. The van der Waals surface area contributed by atoms with Crippen LogP contribution in [0.2, 0.25) is 0 Å². The molecule has 2 aliphatic rings. The number of aromatic nitrogens is 1. The predicted molar refractivity (Wildman–Crippen MR) is 116 cm³/mol. The van der Waals surface area contributed by atoms with E-state index < -0.39 is 0 Å². The molecule has 1 aromatic rings. The Morgan fingerprint density at radius 2 is 1.76 bits per heavy atom. The van der Waals surface area contributed by atoms with Crippen molar-refractivity contribution in [2.24, 2.45) is 0 Å². The summed E-state index contributed by atoms with van der Waals surface area (Å²) in [5, 5.41) is 3.02. The largest absolute Gasteiger partial charge is 0.353 e. The average Bonchev–Trinajstić information content (AvgIpc) is 3.02. The van der Waals surface area contributed by atoms with Crippen LogP contribution in [0.3, 0.4) is 0 Å². The van der Waals surface area contributed by atoms with Crippen LogP contribution >= 0.6 is 0 Å². The highest BCUT2D eigenvalue weighted by atomic mass is 16.2. The smallest absolute Gasteiger partial charge is 0.255 e. The van der Waals surface area contributed by atoms with Crippen molar-refractivity contribution >= 4 is 11.8 Å². The van der Waals surface area contributed by atoms with Crippen molar-refractivity contribution < 1.29 is 9.59 Å². The third-order valence-corrected chi connectivity index (χ3v) is 6.70. The zero-order valence-corrected chi connectivity index (χ0v) is 18.7. The molecule has 2 amide bonds. The van der Waals surface area contributed by atoms with Crippen molar-refractivity contribution in [3.8, 4) is 0 Å². The van der Waals surface area contributed by atoms with Gasteiger partial charge in [0.15, 0.2) is 0 Å². The number of aryl methyl sites for hydroxylation is 1. The van der Waals surface area contributed by atoms with Gasteiger partial charge in [0.1, 0.15) is 0 Å². The molecule has 1 saturated carbocycles. The summed E-state index contributed by atoms with van der Waals surface area (Å²) in [5.41, 5.74) is 3.18. The lowest BCUT2D eigenvalue weighted by atomic mass is 9.95. The Hall–Kier alpha value is -1.82. The molecule has 162 valence electrons. The van der Waals surface area contributed by atoms with Crippen LogP contribution in [0.15, 0.2) is 6.07 Å². The molecule has 6 heteroatoms. The Kier molecular flexibility index (Phi) is 7.38. The fraction of sp³-hybridized carbons (Fsp3) is 0.739. The van der Waals surface area contributed by atoms with E-state index in [1.807, 2.05) is 11.8 Å². The summed E-state index contributed by atoms with van der Waals surface area (Å²) in [6.45, 7) is 11.6. The standard InChI is InChI=1S/C23H38N4O2/c1-5-17(2)24-22(28)16-25-11-13-26(14-12-25)23(29)21-15-18(3)27(19(21)4)20-9-7-6-8-10-20/h15,17,20H,5-14,16H2,1-4H3,(H,24,28). The van der Waals surface area contributed by atoms with E-state index >= 15 is 0 Å². The normalized spacial score (nSPS) is 19.9. The second-order valence-electron chi connectivity index (χ2n) is 8.89. The van der Waals surface area contributed by atoms with Gasteiger partial charge in [-0.25, -0.2) is 0 Å². The minimum absolute atomic E-state index is 0.0788. The first kappa shape index (κ1) is 21.9. The van der Waals surface area contributed by atoms with Crippen LogP contribution in [0.1, 0.15) is 80.2 Å².